The molecule has 0 aliphatic carbocycles. The molecule has 0 bridgehead atoms. The molecule has 1 atom stereocenters. The largest absolute Gasteiger partial charge is 0.396 e. The number of aliphatic hydroxyl groups is 1. The second-order valence-electron chi connectivity index (χ2n) is 6.80. The molecule has 0 radical (unpaired) electrons. The van der Waals surface area contributed by atoms with Crippen LogP contribution < -0.4 is 0 Å². The van der Waals surface area contributed by atoms with Gasteiger partial charge in [0, 0.05) is 19.6 Å². The highest BCUT2D eigenvalue weighted by Crippen LogP contribution is 2.37. The van der Waals surface area contributed by atoms with Gasteiger partial charge in [-0.25, -0.2) is 0 Å². The first-order valence-electron chi connectivity index (χ1n) is 7.31. The van der Waals surface area contributed by atoms with E-state index in [0.717, 1.165) is 5.56 Å². The van der Waals surface area contributed by atoms with Gasteiger partial charge < -0.3 is 5.11 Å². The van der Waals surface area contributed by atoms with Crippen LogP contribution in [-0.4, -0.2) is 35.0 Å². The molecule has 4 nitrogen and oxygen atoms in total. The van der Waals surface area contributed by atoms with Crippen molar-refractivity contribution in [1.29, 1.82) is 0 Å². The molecule has 0 aromatic heterocycles. The number of imide groups is 1. The molecule has 0 spiro atoms. The Morgan fingerprint density at radius 2 is 1.86 bits per heavy atom. The quantitative estimate of drug-likeness (QED) is 0.845. The number of carbonyl (C=O) groups is 2. The Labute approximate surface area is 125 Å². The molecule has 21 heavy (non-hydrogen) atoms. The van der Waals surface area contributed by atoms with Gasteiger partial charge in [0.15, 0.2) is 0 Å². The van der Waals surface area contributed by atoms with Gasteiger partial charge >= 0.3 is 0 Å². The van der Waals surface area contributed by atoms with Crippen molar-refractivity contribution in [2.24, 2.45) is 5.41 Å². The minimum Gasteiger partial charge on any atom is -0.396 e. The average molecular weight is 289 g/mol. The number of hydrogen-bond acceptors (Lipinski definition) is 3. The maximum Gasteiger partial charge on any atom is 0.240 e. The second-order valence-corrected chi connectivity index (χ2v) is 6.80. The van der Waals surface area contributed by atoms with Crippen LogP contribution in [0.2, 0.25) is 0 Å². The van der Waals surface area contributed by atoms with Gasteiger partial charge in [0.05, 0.1) is 5.41 Å². The third kappa shape index (κ3) is 3.00. The van der Waals surface area contributed by atoms with E-state index in [1.807, 2.05) is 51.1 Å². The normalized spacial score (nSPS) is 23.0. The van der Waals surface area contributed by atoms with Crippen molar-refractivity contribution in [1.82, 2.24) is 4.90 Å². The minimum atomic E-state index is -0.770. The van der Waals surface area contributed by atoms with E-state index in [0.29, 0.717) is 13.0 Å². The third-order valence-electron chi connectivity index (χ3n) is 4.31. The lowest BCUT2D eigenvalue weighted by Crippen LogP contribution is -2.42. The summed E-state index contributed by atoms with van der Waals surface area (Å²) >= 11 is 0. The van der Waals surface area contributed by atoms with Crippen molar-refractivity contribution in [2.45, 2.75) is 39.0 Å². The van der Waals surface area contributed by atoms with E-state index in [4.69, 9.17) is 5.11 Å². The number of nitrogens with zero attached hydrogens (tertiary/aromatic N) is 1. The number of amides is 2. The molecule has 1 aliphatic heterocycles. The van der Waals surface area contributed by atoms with Gasteiger partial charge in [0.25, 0.3) is 0 Å². The first-order valence-corrected chi connectivity index (χ1v) is 7.31. The Morgan fingerprint density at radius 3 is 2.43 bits per heavy atom. The Morgan fingerprint density at radius 1 is 1.24 bits per heavy atom. The van der Waals surface area contributed by atoms with Crippen molar-refractivity contribution in [3.05, 3.63) is 35.9 Å². The summed E-state index contributed by atoms with van der Waals surface area (Å²) in [5, 5.41) is 9.10. The zero-order valence-corrected chi connectivity index (χ0v) is 12.9. The lowest BCUT2D eigenvalue weighted by Gasteiger charge is -2.30. The van der Waals surface area contributed by atoms with E-state index in [9.17, 15) is 9.59 Å². The Bertz CT molecular complexity index is 538. The van der Waals surface area contributed by atoms with E-state index in [1.165, 1.54) is 4.90 Å². The smallest absolute Gasteiger partial charge is 0.240 e. The van der Waals surface area contributed by atoms with Gasteiger partial charge in [-0.3, -0.25) is 14.5 Å². The van der Waals surface area contributed by atoms with E-state index >= 15 is 0 Å². The van der Waals surface area contributed by atoms with Gasteiger partial charge in [-0.2, -0.15) is 0 Å². The first-order chi connectivity index (χ1) is 9.80. The fourth-order valence-corrected chi connectivity index (χ4v) is 2.89. The van der Waals surface area contributed by atoms with Gasteiger partial charge in [-0.05, 0) is 24.3 Å². The number of rotatable bonds is 5. The van der Waals surface area contributed by atoms with Crippen LogP contribution in [0.1, 0.15) is 39.2 Å². The summed E-state index contributed by atoms with van der Waals surface area (Å²) in [7, 11) is 0. The molecule has 1 N–H and O–H groups in total. The fourth-order valence-electron chi connectivity index (χ4n) is 2.89. The van der Waals surface area contributed by atoms with Crippen LogP contribution in [0.25, 0.3) is 0 Å². The van der Waals surface area contributed by atoms with Crippen LogP contribution in [-0.2, 0) is 15.0 Å². The highest BCUT2D eigenvalue weighted by molar-refractivity contribution is 6.08. The number of aliphatic hydroxyl groups excluding tert-OH is 1. The Balaban J connectivity index is 2.25. The highest BCUT2D eigenvalue weighted by atomic mass is 16.3. The molecular formula is C17H23NO3. The fraction of sp³-hybridized carbons (Fsp3) is 0.529. The summed E-state index contributed by atoms with van der Waals surface area (Å²) in [4.78, 5) is 26.4. The monoisotopic (exact) mass is 289 g/mol. The molecule has 2 rings (SSSR count). The highest BCUT2D eigenvalue weighted by Gasteiger charge is 2.50. The van der Waals surface area contributed by atoms with Crippen LogP contribution in [0.5, 0.6) is 0 Å². The minimum absolute atomic E-state index is 0.0547. The summed E-state index contributed by atoms with van der Waals surface area (Å²) < 4.78 is 0. The molecule has 1 unspecified atom stereocenters. The topological polar surface area (TPSA) is 57.6 Å². The maximum absolute atomic E-state index is 12.8. The summed E-state index contributed by atoms with van der Waals surface area (Å²) in [6, 6.07) is 9.46. The lowest BCUT2D eigenvalue weighted by atomic mass is 9.81. The van der Waals surface area contributed by atoms with Crippen LogP contribution in [0.4, 0.5) is 0 Å². The molecule has 1 aromatic carbocycles. The Kier molecular flexibility index (Phi) is 4.19. The number of likely N-dealkylation sites (tertiary alicyclic amines) is 1. The van der Waals surface area contributed by atoms with E-state index in [2.05, 4.69) is 0 Å². The number of benzene rings is 1. The SMILES string of the molecule is CC(C)(CCO)CN1C(=O)CC(C)(c2ccccc2)C1=O. The van der Waals surface area contributed by atoms with Crippen LogP contribution in [0.3, 0.4) is 0 Å². The summed E-state index contributed by atoms with van der Waals surface area (Å²) in [6.45, 7) is 6.17. The summed E-state index contributed by atoms with van der Waals surface area (Å²) in [6.07, 6.45) is 0.775. The van der Waals surface area contributed by atoms with Crippen LogP contribution in [0.15, 0.2) is 30.3 Å². The first kappa shape index (κ1) is 15.7. The number of hydrogen-bond donors (Lipinski definition) is 1. The lowest BCUT2D eigenvalue weighted by molar-refractivity contribution is -0.141. The zero-order valence-electron chi connectivity index (χ0n) is 12.9. The van der Waals surface area contributed by atoms with Gasteiger partial charge in [0.2, 0.25) is 11.8 Å². The van der Waals surface area contributed by atoms with Gasteiger partial charge in [-0.15, -0.1) is 0 Å². The van der Waals surface area contributed by atoms with Crippen molar-refractivity contribution in [3.63, 3.8) is 0 Å². The van der Waals surface area contributed by atoms with Crippen molar-refractivity contribution >= 4 is 11.8 Å². The van der Waals surface area contributed by atoms with Gasteiger partial charge in [0.1, 0.15) is 0 Å². The van der Waals surface area contributed by atoms with Crippen LogP contribution >= 0.6 is 0 Å². The van der Waals surface area contributed by atoms with Crippen molar-refractivity contribution in [3.8, 4) is 0 Å². The molecule has 1 fully saturated rings. The van der Waals surface area contributed by atoms with Crippen molar-refractivity contribution < 1.29 is 14.7 Å². The standard InChI is InChI=1S/C17H23NO3/c1-16(2,9-10-19)12-18-14(20)11-17(3,15(18)21)13-7-5-4-6-8-13/h4-8,19H,9-12H2,1-3H3. The second kappa shape index (κ2) is 5.60. The molecular weight excluding hydrogens is 266 g/mol. The molecule has 1 saturated heterocycles. The summed E-state index contributed by atoms with van der Waals surface area (Å²) in [5.74, 6) is -0.262. The van der Waals surface area contributed by atoms with Gasteiger partial charge in [-0.1, -0.05) is 44.2 Å². The zero-order chi connectivity index (χ0) is 15.7. The third-order valence-corrected chi connectivity index (χ3v) is 4.31. The Hall–Kier alpha value is -1.68. The maximum atomic E-state index is 12.8. The van der Waals surface area contributed by atoms with Crippen LogP contribution in [0, 0.1) is 5.41 Å². The van der Waals surface area contributed by atoms with E-state index in [1.54, 1.807) is 0 Å². The molecule has 114 valence electrons. The average Bonchev–Trinajstić information content (AvgIpc) is 2.64. The molecule has 1 aliphatic rings. The molecule has 0 saturated carbocycles. The molecule has 1 aromatic rings. The van der Waals surface area contributed by atoms with E-state index in [-0.39, 0.29) is 30.3 Å². The molecule has 2 amide bonds. The molecule has 4 heteroatoms. The predicted molar refractivity (Wildman–Crippen MR) is 80.6 cm³/mol. The summed E-state index contributed by atoms with van der Waals surface area (Å²) in [5.41, 5.74) is -0.166. The van der Waals surface area contributed by atoms with Crippen molar-refractivity contribution in [2.75, 3.05) is 13.2 Å². The number of carbonyl (C=O) groups excluding carboxylic acids is 2. The molecule has 1 heterocycles. The van der Waals surface area contributed by atoms with E-state index < -0.39 is 5.41 Å². The predicted octanol–water partition coefficient (Wildman–Crippen LogP) is 2.11.